The van der Waals surface area contributed by atoms with E-state index >= 15 is 0 Å². The van der Waals surface area contributed by atoms with Gasteiger partial charge < -0.3 is 9.47 Å². The number of carbonyl (C=O) groups excluding carboxylic acids is 1. The molecule has 0 fully saturated rings. The second-order valence-corrected chi connectivity index (χ2v) is 9.90. The Morgan fingerprint density at radius 3 is 2.63 bits per heavy atom. The molecule has 184 valence electrons. The lowest BCUT2D eigenvalue weighted by Gasteiger charge is -2.21. The van der Waals surface area contributed by atoms with E-state index in [-0.39, 0.29) is 23.1 Å². The number of rotatable bonds is 7. The third-order valence-corrected chi connectivity index (χ3v) is 5.21. The van der Waals surface area contributed by atoms with Crippen molar-refractivity contribution < 1.29 is 19.2 Å². The molecule has 0 amide bonds. The van der Waals surface area contributed by atoms with Gasteiger partial charge in [0.05, 0.1) is 28.1 Å². The van der Waals surface area contributed by atoms with Gasteiger partial charge in [0, 0.05) is 21.5 Å². The molecule has 0 aliphatic carbocycles. The monoisotopic (exact) mass is 544 g/mol. The van der Waals surface area contributed by atoms with Crippen LogP contribution < -0.4 is 10.3 Å². The molecule has 0 radical (unpaired) electrons. The summed E-state index contributed by atoms with van der Waals surface area (Å²) in [7, 11) is 0. The molecule has 0 aliphatic rings. The second-order valence-electron chi connectivity index (χ2n) is 8.99. The number of benzene rings is 2. The van der Waals surface area contributed by atoms with Crippen LogP contribution in [0.3, 0.4) is 0 Å². The molecule has 2 aromatic carbocycles. The summed E-state index contributed by atoms with van der Waals surface area (Å²) in [5, 5.41) is 16.3. The summed E-state index contributed by atoms with van der Waals surface area (Å²) < 4.78 is 12.4. The van der Waals surface area contributed by atoms with Crippen molar-refractivity contribution in [2.24, 2.45) is 5.10 Å². The molecule has 11 heteroatoms. The average molecular weight is 545 g/mol. The van der Waals surface area contributed by atoms with E-state index in [1.807, 2.05) is 20.8 Å². The van der Waals surface area contributed by atoms with E-state index in [0.717, 1.165) is 0 Å². The molecule has 0 saturated heterocycles. The molecule has 0 spiro atoms. The van der Waals surface area contributed by atoms with Crippen molar-refractivity contribution in [3.8, 4) is 5.75 Å². The third-order valence-electron chi connectivity index (χ3n) is 4.71. The van der Waals surface area contributed by atoms with Gasteiger partial charge in [0.25, 0.3) is 5.56 Å². The second kappa shape index (κ2) is 10.3. The minimum atomic E-state index is -0.670. The maximum atomic E-state index is 13.3. The number of fused-ring (bicyclic) bond motifs is 1. The van der Waals surface area contributed by atoms with Gasteiger partial charge in [-0.2, -0.15) is 9.78 Å². The molecule has 10 nitrogen and oxygen atoms in total. The molecule has 0 bridgehead atoms. The molecule has 1 aromatic heterocycles. The van der Waals surface area contributed by atoms with Gasteiger partial charge in [-0.1, -0.05) is 42.8 Å². The van der Waals surface area contributed by atoms with E-state index in [4.69, 9.17) is 9.47 Å². The predicted octanol–water partition coefficient (Wildman–Crippen LogP) is 4.58. The fraction of sp³-hybridized carbons (Fsp3) is 0.333. The lowest BCUT2D eigenvalue weighted by atomic mass is 9.95. The lowest BCUT2D eigenvalue weighted by molar-refractivity contribution is -0.385. The maximum Gasteiger partial charge on any atom is 0.344 e. The van der Waals surface area contributed by atoms with E-state index in [9.17, 15) is 19.7 Å². The van der Waals surface area contributed by atoms with Crippen LogP contribution in [0.25, 0.3) is 10.9 Å². The van der Waals surface area contributed by atoms with Crippen molar-refractivity contribution in [2.45, 2.75) is 46.1 Å². The zero-order valence-corrected chi connectivity index (χ0v) is 21.5. The Labute approximate surface area is 209 Å². The Balaban J connectivity index is 2.12. The Bertz CT molecular complexity index is 1370. The summed E-state index contributed by atoms with van der Waals surface area (Å²) in [4.78, 5) is 40.9. The van der Waals surface area contributed by atoms with Crippen LogP contribution in [0.2, 0.25) is 0 Å². The fourth-order valence-electron chi connectivity index (χ4n) is 3.23. The summed E-state index contributed by atoms with van der Waals surface area (Å²) in [6.07, 6.45) is 0.916. The van der Waals surface area contributed by atoms with Gasteiger partial charge >= 0.3 is 11.7 Å². The Morgan fingerprint density at radius 1 is 1.29 bits per heavy atom. The lowest BCUT2D eigenvalue weighted by Crippen LogP contribution is -2.29. The van der Waals surface area contributed by atoms with Crippen LogP contribution in [0.5, 0.6) is 5.75 Å². The first-order valence-corrected chi connectivity index (χ1v) is 11.5. The number of hydrogen-bond acceptors (Lipinski definition) is 8. The Morgan fingerprint density at radius 2 is 2.00 bits per heavy atom. The molecule has 0 aliphatic heterocycles. The predicted molar refractivity (Wildman–Crippen MR) is 135 cm³/mol. The zero-order chi connectivity index (χ0) is 25.9. The number of ether oxygens (including phenoxy) is 2. The molecule has 35 heavy (non-hydrogen) atoms. The van der Waals surface area contributed by atoms with Crippen LogP contribution in [0.15, 0.2) is 50.8 Å². The van der Waals surface area contributed by atoms with Crippen molar-refractivity contribution in [3.05, 3.63) is 72.7 Å². The van der Waals surface area contributed by atoms with Crippen LogP contribution in [0, 0.1) is 10.1 Å². The highest BCUT2D eigenvalue weighted by Gasteiger charge is 2.24. The van der Waals surface area contributed by atoms with Crippen LogP contribution in [0.1, 0.15) is 46.0 Å². The SMILES string of the molecule is CC(C)OC(=O)COc1c(C=Nn2c(C(C)(C)C)nc3ccc(Br)cc3c2=O)cccc1[N+](=O)[O-]. The highest BCUT2D eigenvalue weighted by Crippen LogP contribution is 2.30. The fourth-order valence-corrected chi connectivity index (χ4v) is 3.60. The quantitative estimate of drug-likeness (QED) is 0.184. The van der Waals surface area contributed by atoms with Gasteiger partial charge in [-0.3, -0.25) is 14.9 Å². The molecule has 1 heterocycles. The number of nitrogens with zero attached hydrogens (tertiary/aromatic N) is 4. The number of carbonyl (C=O) groups is 1. The van der Waals surface area contributed by atoms with Crippen molar-refractivity contribution in [1.29, 1.82) is 0 Å². The highest BCUT2D eigenvalue weighted by atomic mass is 79.9. The molecule has 0 N–H and O–H groups in total. The Hall–Kier alpha value is -3.60. The van der Waals surface area contributed by atoms with Crippen molar-refractivity contribution in [1.82, 2.24) is 9.66 Å². The molecule has 0 unspecified atom stereocenters. The van der Waals surface area contributed by atoms with E-state index < -0.39 is 28.5 Å². The smallest absolute Gasteiger partial charge is 0.344 e. The van der Waals surface area contributed by atoms with Gasteiger partial charge in [0.2, 0.25) is 5.75 Å². The number of esters is 1. The average Bonchev–Trinajstić information content (AvgIpc) is 2.76. The first kappa shape index (κ1) is 26.0. The molecule has 3 rings (SSSR count). The Kier molecular flexibility index (Phi) is 7.69. The van der Waals surface area contributed by atoms with Crippen LogP contribution in [-0.2, 0) is 14.9 Å². The first-order chi connectivity index (χ1) is 16.4. The number of halogens is 1. The molecule has 3 aromatic rings. The normalized spacial score (nSPS) is 11.9. The van der Waals surface area contributed by atoms with Gasteiger partial charge in [-0.05, 0) is 38.1 Å². The van der Waals surface area contributed by atoms with E-state index in [0.29, 0.717) is 21.2 Å². The molecule has 0 saturated carbocycles. The summed E-state index contributed by atoms with van der Waals surface area (Å²) in [5.41, 5.74) is -0.559. The maximum absolute atomic E-state index is 13.3. The van der Waals surface area contributed by atoms with Crippen molar-refractivity contribution in [2.75, 3.05) is 6.61 Å². The minimum absolute atomic E-state index is 0.163. The van der Waals surface area contributed by atoms with Gasteiger partial charge in [-0.15, -0.1) is 0 Å². The van der Waals surface area contributed by atoms with Crippen LogP contribution in [-0.4, -0.2) is 39.5 Å². The first-order valence-electron chi connectivity index (χ1n) is 10.8. The zero-order valence-electron chi connectivity index (χ0n) is 19.9. The molecule has 0 atom stereocenters. The van der Waals surface area contributed by atoms with E-state index in [2.05, 4.69) is 26.0 Å². The largest absolute Gasteiger partial charge is 0.474 e. The van der Waals surface area contributed by atoms with Crippen molar-refractivity contribution in [3.63, 3.8) is 0 Å². The summed E-state index contributed by atoms with van der Waals surface area (Å²) in [6, 6.07) is 9.45. The van der Waals surface area contributed by atoms with Gasteiger partial charge in [0.1, 0.15) is 5.82 Å². The molecular weight excluding hydrogens is 520 g/mol. The van der Waals surface area contributed by atoms with Crippen molar-refractivity contribution >= 4 is 44.7 Å². The van der Waals surface area contributed by atoms with Gasteiger partial charge in [-0.25, -0.2) is 9.78 Å². The van der Waals surface area contributed by atoms with Crippen LogP contribution in [0.4, 0.5) is 5.69 Å². The van der Waals surface area contributed by atoms with E-state index in [1.165, 1.54) is 29.1 Å². The highest BCUT2D eigenvalue weighted by molar-refractivity contribution is 9.10. The standard InChI is InChI=1S/C24H25BrN4O6/c1-14(2)35-20(30)13-34-21-15(7-6-8-19(21)29(32)33)12-26-28-22(31)17-11-16(25)9-10-18(17)27-23(28)24(3,4)5/h6-12,14H,13H2,1-5H3. The molecular formula is C24H25BrN4O6. The topological polar surface area (TPSA) is 126 Å². The van der Waals surface area contributed by atoms with E-state index in [1.54, 1.807) is 32.0 Å². The number of aromatic nitrogens is 2. The summed E-state index contributed by atoms with van der Waals surface area (Å²) >= 11 is 3.37. The number of para-hydroxylation sites is 1. The summed E-state index contributed by atoms with van der Waals surface area (Å²) in [5.74, 6) is -0.428. The van der Waals surface area contributed by atoms with Crippen LogP contribution >= 0.6 is 15.9 Å². The number of hydrogen-bond donors (Lipinski definition) is 0. The number of nitro benzene ring substituents is 1. The minimum Gasteiger partial charge on any atom is -0.474 e. The van der Waals surface area contributed by atoms with Gasteiger partial charge in [0.15, 0.2) is 6.61 Å². The summed E-state index contributed by atoms with van der Waals surface area (Å²) in [6.45, 7) is 8.53. The number of nitro groups is 1. The third kappa shape index (κ3) is 6.10.